The molecule has 1 aromatic carbocycles. The number of hydrogen-bond donors (Lipinski definition) is 1. The quantitative estimate of drug-likeness (QED) is 0.749. The van der Waals surface area contributed by atoms with Crippen molar-refractivity contribution < 1.29 is 5.11 Å². The molecule has 0 aliphatic heterocycles. The second kappa shape index (κ2) is 4.42. The number of aryl methyl sites for hydroxylation is 1. The lowest BCUT2D eigenvalue weighted by Crippen LogP contribution is -2.31. The zero-order valence-corrected chi connectivity index (χ0v) is 10.1. The number of benzene rings is 1. The molecule has 1 nitrogen and oxygen atoms in total. The third-order valence-corrected chi connectivity index (χ3v) is 3.61. The van der Waals surface area contributed by atoms with E-state index < -0.39 is 5.60 Å². The van der Waals surface area contributed by atoms with Crippen LogP contribution in [0.25, 0.3) is 0 Å². The van der Waals surface area contributed by atoms with E-state index in [2.05, 4.69) is 31.2 Å². The molecule has 0 radical (unpaired) electrons. The minimum atomic E-state index is -0.732. The van der Waals surface area contributed by atoms with Crippen molar-refractivity contribution in [3.8, 4) is 0 Å². The Kier molecular flexibility index (Phi) is 3.15. The van der Waals surface area contributed by atoms with Gasteiger partial charge in [0, 0.05) is 5.92 Å². The maximum absolute atomic E-state index is 10.7. The average molecular weight is 216 g/mol. The van der Waals surface area contributed by atoms with Crippen molar-refractivity contribution in [2.24, 2.45) is 5.92 Å². The minimum Gasteiger partial charge on any atom is -0.385 e. The van der Waals surface area contributed by atoms with E-state index in [4.69, 9.17) is 0 Å². The van der Waals surface area contributed by atoms with Gasteiger partial charge in [-0.3, -0.25) is 0 Å². The highest BCUT2D eigenvalue weighted by atomic mass is 16.3. The molecule has 0 saturated heterocycles. The van der Waals surface area contributed by atoms with E-state index in [0.717, 1.165) is 18.4 Å². The van der Waals surface area contributed by atoms with Gasteiger partial charge in [0.15, 0.2) is 0 Å². The molecule has 0 saturated carbocycles. The molecule has 1 aliphatic rings. The Hall–Kier alpha value is -1.08. The van der Waals surface area contributed by atoms with Crippen molar-refractivity contribution >= 4 is 0 Å². The van der Waals surface area contributed by atoms with Crippen LogP contribution in [-0.4, -0.2) is 5.11 Å². The van der Waals surface area contributed by atoms with Gasteiger partial charge in [0.2, 0.25) is 0 Å². The van der Waals surface area contributed by atoms with E-state index in [1.807, 2.05) is 19.1 Å². The third kappa shape index (κ3) is 2.19. The fourth-order valence-electron chi connectivity index (χ4n) is 2.39. The van der Waals surface area contributed by atoms with Gasteiger partial charge in [0.1, 0.15) is 0 Å². The zero-order chi connectivity index (χ0) is 11.6. The lowest BCUT2D eigenvalue weighted by atomic mass is 9.78. The predicted octanol–water partition coefficient (Wildman–Crippen LogP) is 3.56. The molecule has 0 unspecified atom stereocenters. The van der Waals surface area contributed by atoms with Crippen molar-refractivity contribution in [3.05, 3.63) is 47.5 Å². The topological polar surface area (TPSA) is 20.2 Å². The SMILES string of the molecule is Cc1ccc([C@@](C)(O)[C@H]2C=CCCC2)cc1. The van der Waals surface area contributed by atoms with Crippen molar-refractivity contribution in [3.63, 3.8) is 0 Å². The maximum atomic E-state index is 10.7. The Bertz CT molecular complexity index is 373. The Labute approximate surface area is 97.8 Å². The van der Waals surface area contributed by atoms with Crippen LogP contribution in [0.4, 0.5) is 0 Å². The van der Waals surface area contributed by atoms with Crippen LogP contribution in [0.15, 0.2) is 36.4 Å². The van der Waals surface area contributed by atoms with Gasteiger partial charge >= 0.3 is 0 Å². The van der Waals surface area contributed by atoms with E-state index in [0.29, 0.717) is 0 Å². The Balaban J connectivity index is 2.26. The molecular formula is C15H20O. The molecule has 2 atom stereocenters. The molecule has 1 aromatic rings. The van der Waals surface area contributed by atoms with E-state index >= 15 is 0 Å². The van der Waals surface area contributed by atoms with E-state index in [-0.39, 0.29) is 5.92 Å². The van der Waals surface area contributed by atoms with Gasteiger partial charge in [-0.05, 0) is 38.7 Å². The molecule has 0 fully saturated rings. The molecule has 0 heterocycles. The van der Waals surface area contributed by atoms with Crippen molar-refractivity contribution in [1.29, 1.82) is 0 Å². The summed E-state index contributed by atoms with van der Waals surface area (Å²) in [4.78, 5) is 0. The van der Waals surface area contributed by atoms with Gasteiger partial charge in [-0.25, -0.2) is 0 Å². The summed E-state index contributed by atoms with van der Waals surface area (Å²) >= 11 is 0. The Morgan fingerprint density at radius 3 is 2.50 bits per heavy atom. The summed E-state index contributed by atoms with van der Waals surface area (Å²) in [6.07, 6.45) is 7.78. The standard InChI is InChI=1S/C15H20O/c1-12-8-10-14(11-9-12)15(2,16)13-6-4-3-5-7-13/h4,6,8-11,13,16H,3,5,7H2,1-2H3/t13-,15-/m0/s1. The van der Waals surface area contributed by atoms with Crippen LogP contribution in [-0.2, 0) is 5.60 Å². The number of aliphatic hydroxyl groups is 1. The Morgan fingerprint density at radius 1 is 1.25 bits per heavy atom. The first-order chi connectivity index (χ1) is 7.60. The van der Waals surface area contributed by atoms with Crippen LogP contribution in [0.3, 0.4) is 0 Å². The molecule has 1 heteroatoms. The average Bonchev–Trinajstić information content (AvgIpc) is 2.31. The highest BCUT2D eigenvalue weighted by Crippen LogP contribution is 2.35. The molecule has 86 valence electrons. The lowest BCUT2D eigenvalue weighted by Gasteiger charge is -2.33. The summed E-state index contributed by atoms with van der Waals surface area (Å²) < 4.78 is 0. The van der Waals surface area contributed by atoms with E-state index in [9.17, 15) is 5.11 Å². The van der Waals surface area contributed by atoms with Crippen LogP contribution >= 0.6 is 0 Å². The molecular weight excluding hydrogens is 196 g/mol. The molecule has 0 aromatic heterocycles. The first kappa shape index (κ1) is 11.4. The highest BCUT2D eigenvalue weighted by molar-refractivity contribution is 5.28. The first-order valence-corrected chi connectivity index (χ1v) is 6.07. The van der Waals surface area contributed by atoms with Crippen LogP contribution in [0.5, 0.6) is 0 Å². The monoisotopic (exact) mass is 216 g/mol. The summed E-state index contributed by atoms with van der Waals surface area (Å²) in [5, 5.41) is 10.7. The van der Waals surface area contributed by atoms with Crippen LogP contribution < -0.4 is 0 Å². The highest BCUT2D eigenvalue weighted by Gasteiger charge is 2.32. The smallest absolute Gasteiger partial charge is 0.0930 e. The summed E-state index contributed by atoms with van der Waals surface area (Å²) in [5.41, 5.74) is 1.53. The Morgan fingerprint density at radius 2 is 1.94 bits per heavy atom. The second-order valence-corrected chi connectivity index (χ2v) is 4.98. The van der Waals surface area contributed by atoms with Crippen molar-refractivity contribution in [2.45, 2.75) is 38.7 Å². The van der Waals surface area contributed by atoms with Gasteiger partial charge in [0.05, 0.1) is 5.60 Å². The second-order valence-electron chi connectivity index (χ2n) is 4.98. The summed E-state index contributed by atoms with van der Waals surface area (Å²) in [6, 6.07) is 8.21. The maximum Gasteiger partial charge on any atom is 0.0930 e. The fourth-order valence-corrected chi connectivity index (χ4v) is 2.39. The third-order valence-electron chi connectivity index (χ3n) is 3.61. The first-order valence-electron chi connectivity index (χ1n) is 6.07. The largest absolute Gasteiger partial charge is 0.385 e. The molecule has 1 N–H and O–H groups in total. The molecule has 0 bridgehead atoms. The molecule has 16 heavy (non-hydrogen) atoms. The summed E-state index contributed by atoms with van der Waals surface area (Å²) in [7, 11) is 0. The zero-order valence-electron chi connectivity index (χ0n) is 10.1. The van der Waals surface area contributed by atoms with E-state index in [1.165, 1.54) is 12.0 Å². The van der Waals surface area contributed by atoms with Crippen LogP contribution in [0, 0.1) is 12.8 Å². The summed E-state index contributed by atoms with van der Waals surface area (Å²) in [5.74, 6) is 0.254. The van der Waals surface area contributed by atoms with Gasteiger partial charge in [-0.15, -0.1) is 0 Å². The van der Waals surface area contributed by atoms with Gasteiger partial charge in [-0.1, -0.05) is 42.0 Å². The van der Waals surface area contributed by atoms with Gasteiger partial charge in [-0.2, -0.15) is 0 Å². The minimum absolute atomic E-state index is 0.254. The van der Waals surface area contributed by atoms with Crippen molar-refractivity contribution in [1.82, 2.24) is 0 Å². The lowest BCUT2D eigenvalue weighted by molar-refractivity contribution is 0.00800. The molecule has 2 rings (SSSR count). The van der Waals surface area contributed by atoms with Gasteiger partial charge in [0.25, 0.3) is 0 Å². The fraction of sp³-hybridized carbons (Fsp3) is 0.467. The molecule has 0 amide bonds. The predicted molar refractivity (Wildman–Crippen MR) is 67.2 cm³/mol. The normalized spacial score (nSPS) is 24.1. The van der Waals surface area contributed by atoms with Gasteiger partial charge < -0.3 is 5.11 Å². The molecule has 1 aliphatic carbocycles. The summed E-state index contributed by atoms with van der Waals surface area (Å²) in [6.45, 7) is 4.00. The van der Waals surface area contributed by atoms with E-state index in [1.54, 1.807) is 0 Å². The van der Waals surface area contributed by atoms with Crippen LogP contribution in [0.2, 0.25) is 0 Å². The number of hydrogen-bond acceptors (Lipinski definition) is 1. The number of rotatable bonds is 2. The number of allylic oxidation sites excluding steroid dienone is 1. The van der Waals surface area contributed by atoms with Crippen molar-refractivity contribution in [2.75, 3.05) is 0 Å². The molecule has 0 spiro atoms. The van der Waals surface area contributed by atoms with Crippen LogP contribution in [0.1, 0.15) is 37.3 Å².